The van der Waals surface area contributed by atoms with Crippen LogP contribution in [0.1, 0.15) is 37.1 Å². The van der Waals surface area contributed by atoms with Crippen LogP contribution in [0.3, 0.4) is 0 Å². The molecule has 3 rings (SSSR count). The van der Waals surface area contributed by atoms with Gasteiger partial charge in [0.15, 0.2) is 6.23 Å². The van der Waals surface area contributed by atoms with E-state index in [9.17, 15) is 9.90 Å². The number of likely N-dealkylation sites (N-methyl/N-ethyl adjacent to an activating group) is 1. The van der Waals surface area contributed by atoms with Crippen LogP contribution in [-0.4, -0.2) is 45.6 Å². The van der Waals surface area contributed by atoms with Gasteiger partial charge in [-0.1, -0.05) is 17.8 Å². The van der Waals surface area contributed by atoms with Crippen LogP contribution in [0, 0.1) is 0 Å². The van der Waals surface area contributed by atoms with Gasteiger partial charge in [0.1, 0.15) is 5.01 Å². The first kappa shape index (κ1) is 11.9. The molecule has 0 bridgehead atoms. The van der Waals surface area contributed by atoms with E-state index in [0.717, 1.165) is 17.8 Å². The van der Waals surface area contributed by atoms with Gasteiger partial charge in [0.2, 0.25) is 5.13 Å². The summed E-state index contributed by atoms with van der Waals surface area (Å²) in [5, 5.41) is 19.7. The van der Waals surface area contributed by atoms with Crippen LogP contribution in [0.4, 0.5) is 9.93 Å². The summed E-state index contributed by atoms with van der Waals surface area (Å²) in [6.07, 6.45) is 2.76. The second kappa shape index (κ2) is 4.47. The number of urea groups is 1. The van der Waals surface area contributed by atoms with Crippen LogP contribution < -0.4 is 4.90 Å². The normalized spacial score (nSPS) is 24.8. The minimum Gasteiger partial charge on any atom is -0.371 e. The minimum atomic E-state index is -0.806. The Kier molecular flexibility index (Phi) is 2.95. The van der Waals surface area contributed by atoms with Crippen molar-refractivity contribution in [1.29, 1.82) is 0 Å². The summed E-state index contributed by atoms with van der Waals surface area (Å²) >= 11 is 1.43. The Morgan fingerprint density at radius 1 is 1.44 bits per heavy atom. The molecule has 1 aromatic heterocycles. The number of anilines is 1. The predicted octanol–water partition coefficient (Wildman–Crippen LogP) is 1.39. The fourth-order valence-corrected chi connectivity index (χ4v) is 3.31. The van der Waals surface area contributed by atoms with Gasteiger partial charge in [-0.05, 0) is 19.8 Å². The monoisotopic (exact) mass is 268 g/mol. The van der Waals surface area contributed by atoms with Crippen LogP contribution in [0.15, 0.2) is 0 Å². The first-order chi connectivity index (χ1) is 8.70. The predicted molar refractivity (Wildman–Crippen MR) is 67.6 cm³/mol. The first-order valence-corrected chi connectivity index (χ1v) is 7.12. The molecule has 2 aliphatic rings. The zero-order valence-electron chi connectivity index (χ0n) is 10.2. The highest BCUT2D eigenvalue weighted by molar-refractivity contribution is 7.15. The molecule has 7 heteroatoms. The minimum absolute atomic E-state index is 0.179. The highest BCUT2D eigenvalue weighted by Crippen LogP contribution is 2.39. The number of hydrogen-bond donors (Lipinski definition) is 1. The number of β-amino-alcohol motifs (C(OH)–C–C–N with tert-alkyl or cyclic N) is 1. The molecular formula is C11H16N4O2S. The molecule has 1 saturated heterocycles. The van der Waals surface area contributed by atoms with Crippen molar-refractivity contribution >= 4 is 22.5 Å². The number of rotatable bonds is 3. The number of carbonyl (C=O) groups excluding carboxylic acids is 1. The molecule has 0 spiro atoms. The fraction of sp³-hybridized carbons (Fsp3) is 0.727. The molecule has 0 radical (unpaired) electrons. The summed E-state index contributed by atoms with van der Waals surface area (Å²) < 4.78 is 0. The maximum Gasteiger partial charge on any atom is 0.328 e. The van der Waals surface area contributed by atoms with Crippen LogP contribution in [0.5, 0.6) is 0 Å². The number of amides is 2. The smallest absolute Gasteiger partial charge is 0.328 e. The summed E-state index contributed by atoms with van der Waals surface area (Å²) in [5.41, 5.74) is 0. The molecule has 1 saturated carbocycles. The molecule has 0 aromatic carbocycles. The Balaban J connectivity index is 1.81. The van der Waals surface area contributed by atoms with E-state index in [1.807, 2.05) is 6.92 Å². The molecular weight excluding hydrogens is 252 g/mol. The van der Waals surface area contributed by atoms with Gasteiger partial charge in [0.25, 0.3) is 0 Å². The van der Waals surface area contributed by atoms with Gasteiger partial charge in [-0.2, -0.15) is 0 Å². The maximum atomic E-state index is 12.0. The summed E-state index contributed by atoms with van der Waals surface area (Å²) in [6.45, 7) is 2.84. The van der Waals surface area contributed by atoms with Gasteiger partial charge in [-0.3, -0.25) is 0 Å². The van der Waals surface area contributed by atoms with Crippen LogP contribution in [0.25, 0.3) is 0 Å². The molecule has 2 fully saturated rings. The third kappa shape index (κ3) is 1.78. The van der Waals surface area contributed by atoms with Crippen molar-refractivity contribution in [3.05, 3.63) is 5.01 Å². The zero-order valence-corrected chi connectivity index (χ0v) is 11.1. The standard InChI is InChI=1S/C11H16N4O2S/c1-2-14-6-8(16)15(11(14)17)10-13-12-9(18-10)7-4-3-5-7/h7-8,16H,2-6H2,1H3. The summed E-state index contributed by atoms with van der Waals surface area (Å²) in [6, 6.07) is -0.179. The van der Waals surface area contributed by atoms with Crippen molar-refractivity contribution in [2.24, 2.45) is 0 Å². The number of carbonyl (C=O) groups is 1. The Hall–Kier alpha value is -1.21. The lowest BCUT2D eigenvalue weighted by molar-refractivity contribution is 0.178. The molecule has 1 atom stereocenters. The van der Waals surface area contributed by atoms with Crippen molar-refractivity contribution in [1.82, 2.24) is 15.1 Å². The molecule has 18 heavy (non-hydrogen) atoms. The van der Waals surface area contributed by atoms with E-state index in [1.54, 1.807) is 4.90 Å². The van der Waals surface area contributed by atoms with Crippen molar-refractivity contribution in [3.8, 4) is 0 Å². The third-order valence-corrected chi connectivity index (χ3v) is 4.72. The van der Waals surface area contributed by atoms with Crippen molar-refractivity contribution < 1.29 is 9.90 Å². The highest BCUT2D eigenvalue weighted by Gasteiger charge is 2.38. The number of aliphatic hydroxyl groups is 1. The van der Waals surface area contributed by atoms with Crippen molar-refractivity contribution in [2.75, 3.05) is 18.0 Å². The zero-order chi connectivity index (χ0) is 12.7. The number of nitrogens with zero attached hydrogens (tertiary/aromatic N) is 4. The Bertz CT molecular complexity index is 460. The van der Waals surface area contributed by atoms with E-state index in [1.165, 1.54) is 22.7 Å². The van der Waals surface area contributed by atoms with Gasteiger partial charge in [0.05, 0.1) is 6.54 Å². The van der Waals surface area contributed by atoms with Gasteiger partial charge in [0, 0.05) is 12.5 Å². The quantitative estimate of drug-likeness (QED) is 0.899. The highest BCUT2D eigenvalue weighted by atomic mass is 32.1. The van der Waals surface area contributed by atoms with E-state index in [4.69, 9.17) is 0 Å². The number of hydrogen-bond acceptors (Lipinski definition) is 5. The summed E-state index contributed by atoms with van der Waals surface area (Å²) in [5.74, 6) is 0.508. The van der Waals surface area contributed by atoms with Gasteiger partial charge < -0.3 is 10.0 Å². The molecule has 2 heterocycles. The van der Waals surface area contributed by atoms with E-state index < -0.39 is 6.23 Å². The SMILES string of the molecule is CCN1CC(O)N(c2nnc(C3CCC3)s2)C1=O. The molecule has 98 valence electrons. The second-order valence-corrected chi connectivity index (χ2v) is 5.71. The van der Waals surface area contributed by atoms with Gasteiger partial charge in [-0.25, -0.2) is 9.69 Å². The average molecular weight is 268 g/mol. The largest absolute Gasteiger partial charge is 0.371 e. The number of aliphatic hydroxyl groups excluding tert-OH is 1. The fourth-order valence-electron chi connectivity index (χ4n) is 2.25. The van der Waals surface area contributed by atoms with Crippen LogP contribution >= 0.6 is 11.3 Å². The lowest BCUT2D eigenvalue weighted by Crippen LogP contribution is -2.34. The summed E-state index contributed by atoms with van der Waals surface area (Å²) in [4.78, 5) is 15.0. The van der Waals surface area contributed by atoms with E-state index in [2.05, 4.69) is 10.2 Å². The molecule has 6 nitrogen and oxygen atoms in total. The number of aromatic nitrogens is 2. The molecule has 1 aromatic rings. The van der Waals surface area contributed by atoms with Crippen molar-refractivity contribution in [3.63, 3.8) is 0 Å². The van der Waals surface area contributed by atoms with E-state index in [-0.39, 0.29) is 6.03 Å². The molecule has 1 aliphatic heterocycles. The molecule has 1 aliphatic carbocycles. The average Bonchev–Trinajstić information content (AvgIpc) is 2.82. The topological polar surface area (TPSA) is 69.6 Å². The van der Waals surface area contributed by atoms with Crippen LogP contribution in [-0.2, 0) is 0 Å². The van der Waals surface area contributed by atoms with E-state index in [0.29, 0.717) is 24.1 Å². The molecule has 1 N–H and O–H groups in total. The van der Waals surface area contributed by atoms with E-state index >= 15 is 0 Å². The second-order valence-electron chi connectivity index (χ2n) is 4.72. The molecule has 2 amide bonds. The Morgan fingerprint density at radius 3 is 2.78 bits per heavy atom. The third-order valence-electron chi connectivity index (χ3n) is 3.63. The van der Waals surface area contributed by atoms with Crippen LogP contribution in [0.2, 0.25) is 0 Å². The Labute approximate surface area is 109 Å². The lowest BCUT2D eigenvalue weighted by atomic mass is 9.86. The maximum absolute atomic E-state index is 12.0. The van der Waals surface area contributed by atoms with Gasteiger partial charge >= 0.3 is 6.03 Å². The van der Waals surface area contributed by atoms with Gasteiger partial charge in [-0.15, -0.1) is 10.2 Å². The first-order valence-electron chi connectivity index (χ1n) is 6.30. The Morgan fingerprint density at radius 2 is 2.22 bits per heavy atom. The summed E-state index contributed by atoms with van der Waals surface area (Å²) in [7, 11) is 0. The molecule has 1 unspecified atom stereocenters. The van der Waals surface area contributed by atoms with Crippen molar-refractivity contribution in [2.45, 2.75) is 38.3 Å². The lowest BCUT2D eigenvalue weighted by Gasteiger charge is -2.22.